The average Bonchev–Trinajstić information content (AvgIpc) is 3.49. The molecule has 33 heavy (non-hydrogen) atoms. The molecule has 8 nitrogen and oxygen atoms in total. The third-order valence-corrected chi connectivity index (χ3v) is 6.62. The molecule has 1 aromatic carbocycles. The van der Waals surface area contributed by atoms with Crippen LogP contribution in [0.25, 0.3) is 0 Å². The third-order valence-electron chi connectivity index (χ3n) is 6.62. The zero-order valence-electron chi connectivity index (χ0n) is 19.3. The van der Waals surface area contributed by atoms with Gasteiger partial charge in [0.2, 0.25) is 5.91 Å². The Balaban J connectivity index is 1.43. The number of benzene rings is 1. The van der Waals surface area contributed by atoms with Gasteiger partial charge in [0.25, 0.3) is 5.91 Å². The predicted molar refractivity (Wildman–Crippen MR) is 124 cm³/mol. The van der Waals surface area contributed by atoms with Gasteiger partial charge in [-0.15, -0.1) is 0 Å². The lowest BCUT2D eigenvalue weighted by Crippen LogP contribution is -2.33. The second-order valence-electron chi connectivity index (χ2n) is 8.89. The molecule has 3 aromatic rings. The molecule has 0 saturated carbocycles. The smallest absolute Gasteiger partial charge is 0.257 e. The van der Waals surface area contributed by atoms with Crippen molar-refractivity contribution in [2.45, 2.75) is 45.6 Å². The van der Waals surface area contributed by atoms with E-state index >= 15 is 0 Å². The Kier molecular flexibility index (Phi) is 5.44. The van der Waals surface area contributed by atoms with Crippen molar-refractivity contribution < 1.29 is 9.59 Å². The van der Waals surface area contributed by atoms with Crippen molar-refractivity contribution >= 4 is 17.6 Å². The number of hydrogen-bond acceptors (Lipinski definition) is 5. The van der Waals surface area contributed by atoms with Crippen LogP contribution < -0.4 is 4.90 Å². The molecule has 4 heterocycles. The number of nitrogens with zero attached hydrogens (tertiary/aromatic N) is 6. The average molecular weight is 445 g/mol. The Labute approximate surface area is 193 Å². The minimum atomic E-state index is -0.201. The molecule has 170 valence electrons. The van der Waals surface area contributed by atoms with Crippen molar-refractivity contribution in [2.24, 2.45) is 7.05 Å². The summed E-state index contributed by atoms with van der Waals surface area (Å²) >= 11 is 0. The van der Waals surface area contributed by atoms with Gasteiger partial charge in [0.1, 0.15) is 5.82 Å². The quantitative estimate of drug-likeness (QED) is 0.604. The number of amides is 2. The van der Waals surface area contributed by atoms with Gasteiger partial charge < -0.3 is 4.90 Å². The summed E-state index contributed by atoms with van der Waals surface area (Å²) < 4.78 is 1.67. The normalized spacial score (nSPS) is 17.7. The van der Waals surface area contributed by atoms with Crippen LogP contribution in [0.3, 0.4) is 0 Å². The molecule has 0 radical (unpaired) electrons. The number of carbonyl (C=O) groups excluding carboxylic acids is 2. The fraction of sp³-hybridized carbons (Fsp3) is 0.400. The summed E-state index contributed by atoms with van der Waals surface area (Å²) in [7, 11) is 1.82. The topological polar surface area (TPSA) is 84.2 Å². The van der Waals surface area contributed by atoms with Gasteiger partial charge in [0, 0.05) is 37.6 Å². The first-order valence-corrected chi connectivity index (χ1v) is 11.5. The summed E-state index contributed by atoms with van der Waals surface area (Å²) in [5.74, 6) is 1.34. The number of likely N-dealkylation sites (tertiary alicyclic amines) is 1. The summed E-state index contributed by atoms with van der Waals surface area (Å²) in [6, 6.07) is 9.95. The summed E-state index contributed by atoms with van der Waals surface area (Å²) in [4.78, 5) is 39.4. The first kappa shape index (κ1) is 21.3. The van der Waals surface area contributed by atoms with Crippen LogP contribution in [-0.4, -0.2) is 49.6 Å². The zero-order valence-corrected chi connectivity index (χ0v) is 19.3. The minimum absolute atomic E-state index is 0.0399. The summed E-state index contributed by atoms with van der Waals surface area (Å²) in [5.41, 5.74) is 4.24. The van der Waals surface area contributed by atoms with E-state index in [9.17, 15) is 9.59 Å². The number of aryl methyl sites for hydroxylation is 3. The molecule has 1 atom stereocenters. The number of rotatable bonds is 5. The largest absolute Gasteiger partial charge is 0.328 e. The Bertz CT molecular complexity index is 1220. The highest BCUT2D eigenvalue weighted by Gasteiger charge is 2.37. The third kappa shape index (κ3) is 3.90. The Morgan fingerprint density at radius 3 is 2.64 bits per heavy atom. The molecule has 1 saturated heterocycles. The van der Waals surface area contributed by atoms with Gasteiger partial charge >= 0.3 is 0 Å². The molecule has 8 heteroatoms. The van der Waals surface area contributed by atoms with Crippen LogP contribution in [0.5, 0.6) is 0 Å². The van der Waals surface area contributed by atoms with Gasteiger partial charge in [-0.3, -0.25) is 19.2 Å². The number of anilines is 1. The van der Waals surface area contributed by atoms with Gasteiger partial charge in [-0.05, 0) is 38.7 Å². The second-order valence-corrected chi connectivity index (χ2v) is 8.89. The second kappa shape index (κ2) is 8.42. The SMILES string of the molecule is Cc1nn(C)cc1C(=O)N1CCCC1c1nc(C)c2c(n1)N(CCc1ccccc1)C(=O)C2. The van der Waals surface area contributed by atoms with E-state index in [2.05, 4.69) is 17.2 Å². The minimum Gasteiger partial charge on any atom is -0.328 e. The first-order chi connectivity index (χ1) is 15.9. The van der Waals surface area contributed by atoms with Gasteiger partial charge in [-0.25, -0.2) is 9.97 Å². The summed E-state index contributed by atoms with van der Waals surface area (Å²) in [5, 5.41) is 4.32. The molecule has 0 aliphatic carbocycles. The maximum Gasteiger partial charge on any atom is 0.257 e. The van der Waals surface area contributed by atoms with E-state index in [0.29, 0.717) is 36.7 Å². The van der Waals surface area contributed by atoms with E-state index in [-0.39, 0.29) is 17.9 Å². The number of fused-ring (bicyclic) bond motifs is 1. The van der Waals surface area contributed by atoms with E-state index in [4.69, 9.17) is 9.97 Å². The van der Waals surface area contributed by atoms with Crippen LogP contribution in [-0.2, 0) is 24.7 Å². The molecule has 5 rings (SSSR count). The monoisotopic (exact) mass is 444 g/mol. The molecule has 0 N–H and O–H groups in total. The molecule has 2 aliphatic heterocycles. The molecule has 2 aromatic heterocycles. The van der Waals surface area contributed by atoms with Crippen molar-refractivity contribution in [3.05, 3.63) is 70.4 Å². The Morgan fingerprint density at radius 1 is 1.12 bits per heavy atom. The number of hydrogen-bond donors (Lipinski definition) is 0. The van der Waals surface area contributed by atoms with Crippen molar-refractivity contribution in [3.63, 3.8) is 0 Å². The summed E-state index contributed by atoms with van der Waals surface area (Å²) in [6.07, 6.45) is 4.57. The highest BCUT2D eigenvalue weighted by Crippen LogP contribution is 2.36. The standard InChI is InChI=1S/C25H28N6O2/c1-16-19-14-22(32)31(13-11-18-8-5-4-6-9-18)24(19)27-23(26-16)21-10-7-12-30(21)25(33)20-15-29(3)28-17(20)2/h4-6,8-9,15,21H,7,10-14H2,1-3H3. The molecular weight excluding hydrogens is 416 g/mol. The Morgan fingerprint density at radius 2 is 1.91 bits per heavy atom. The Hall–Kier alpha value is -3.55. The zero-order chi connectivity index (χ0) is 23.1. The lowest BCUT2D eigenvalue weighted by Gasteiger charge is -2.25. The highest BCUT2D eigenvalue weighted by molar-refractivity contribution is 6.00. The van der Waals surface area contributed by atoms with Crippen LogP contribution in [0, 0.1) is 13.8 Å². The lowest BCUT2D eigenvalue weighted by atomic mass is 10.1. The van der Waals surface area contributed by atoms with Gasteiger partial charge in [0.05, 0.1) is 23.7 Å². The summed E-state index contributed by atoms with van der Waals surface area (Å²) in [6.45, 7) is 5.02. The molecule has 1 unspecified atom stereocenters. The van der Waals surface area contributed by atoms with E-state index in [0.717, 1.165) is 36.2 Å². The number of carbonyl (C=O) groups is 2. The van der Waals surface area contributed by atoms with Gasteiger partial charge in [-0.2, -0.15) is 5.10 Å². The van der Waals surface area contributed by atoms with E-state index in [1.807, 2.05) is 44.0 Å². The van der Waals surface area contributed by atoms with E-state index < -0.39 is 0 Å². The maximum atomic E-state index is 13.3. The fourth-order valence-corrected chi connectivity index (χ4v) is 4.90. The first-order valence-electron chi connectivity index (χ1n) is 11.5. The molecule has 2 amide bonds. The van der Waals surface area contributed by atoms with E-state index in [1.54, 1.807) is 15.8 Å². The van der Waals surface area contributed by atoms with Crippen molar-refractivity contribution in [2.75, 3.05) is 18.0 Å². The van der Waals surface area contributed by atoms with Crippen molar-refractivity contribution in [3.8, 4) is 0 Å². The van der Waals surface area contributed by atoms with Crippen LogP contribution in [0.4, 0.5) is 5.82 Å². The fourth-order valence-electron chi connectivity index (χ4n) is 4.90. The van der Waals surface area contributed by atoms with E-state index in [1.165, 1.54) is 5.56 Å². The van der Waals surface area contributed by atoms with Crippen molar-refractivity contribution in [1.29, 1.82) is 0 Å². The highest BCUT2D eigenvalue weighted by atomic mass is 16.2. The van der Waals surface area contributed by atoms with Crippen LogP contribution in [0.15, 0.2) is 36.5 Å². The van der Waals surface area contributed by atoms with Crippen molar-refractivity contribution in [1.82, 2.24) is 24.6 Å². The molecular formula is C25H28N6O2. The van der Waals surface area contributed by atoms with Gasteiger partial charge in [0.15, 0.2) is 5.82 Å². The lowest BCUT2D eigenvalue weighted by molar-refractivity contribution is -0.117. The van der Waals surface area contributed by atoms with Crippen LogP contribution >= 0.6 is 0 Å². The van der Waals surface area contributed by atoms with Crippen LogP contribution in [0.2, 0.25) is 0 Å². The number of aromatic nitrogens is 4. The molecule has 0 bridgehead atoms. The van der Waals surface area contributed by atoms with Crippen LogP contribution in [0.1, 0.15) is 57.6 Å². The van der Waals surface area contributed by atoms with Gasteiger partial charge in [-0.1, -0.05) is 30.3 Å². The molecule has 2 aliphatic rings. The maximum absolute atomic E-state index is 13.3. The predicted octanol–water partition coefficient (Wildman–Crippen LogP) is 2.94. The molecule has 0 spiro atoms. The molecule has 1 fully saturated rings.